The van der Waals surface area contributed by atoms with Crippen molar-refractivity contribution < 1.29 is 8.85 Å². The first-order chi connectivity index (χ1) is 13.9. The third-order valence-electron chi connectivity index (χ3n) is 7.96. The van der Waals surface area contributed by atoms with E-state index in [9.17, 15) is 0 Å². The normalized spacial score (nSPS) is 35.7. The van der Waals surface area contributed by atoms with Crippen LogP contribution in [0.25, 0.3) is 0 Å². The molecule has 2 saturated carbocycles. The van der Waals surface area contributed by atoms with Crippen LogP contribution in [0.1, 0.15) is 56.1 Å². The highest BCUT2D eigenvalue weighted by Gasteiger charge is 2.63. The van der Waals surface area contributed by atoms with Gasteiger partial charge in [0.2, 0.25) is 8.32 Å². The molecule has 1 aromatic carbocycles. The third kappa shape index (κ3) is 3.72. The van der Waals surface area contributed by atoms with E-state index in [0.29, 0.717) is 11.8 Å². The van der Waals surface area contributed by atoms with Crippen LogP contribution in [0.3, 0.4) is 0 Å². The van der Waals surface area contributed by atoms with Crippen molar-refractivity contribution in [2.75, 3.05) is 0 Å². The zero-order chi connectivity index (χ0) is 21.9. The lowest BCUT2D eigenvalue weighted by Crippen LogP contribution is -2.54. The Bertz CT molecular complexity index is 859. The lowest BCUT2D eigenvalue weighted by molar-refractivity contribution is -0.0537. The molecule has 0 spiro atoms. The van der Waals surface area contributed by atoms with Crippen LogP contribution in [0.4, 0.5) is 0 Å². The predicted molar refractivity (Wildman–Crippen MR) is 131 cm³/mol. The van der Waals surface area contributed by atoms with Gasteiger partial charge in [-0.25, -0.2) is 0 Å². The van der Waals surface area contributed by atoms with Gasteiger partial charge in [-0.1, -0.05) is 18.9 Å². The summed E-state index contributed by atoms with van der Waals surface area (Å²) in [4.78, 5) is 0. The van der Waals surface area contributed by atoms with Crippen molar-refractivity contribution in [3.05, 3.63) is 29.3 Å². The Hall–Kier alpha value is -1.03. The van der Waals surface area contributed by atoms with Crippen molar-refractivity contribution in [3.63, 3.8) is 0 Å². The van der Waals surface area contributed by atoms with Crippen molar-refractivity contribution in [1.29, 1.82) is 0 Å². The van der Waals surface area contributed by atoms with Crippen LogP contribution < -0.4 is 4.43 Å². The van der Waals surface area contributed by atoms with Gasteiger partial charge in [-0.3, -0.25) is 0 Å². The maximum absolute atomic E-state index is 6.81. The van der Waals surface area contributed by atoms with E-state index < -0.39 is 16.6 Å². The number of aryl methyl sites for hydroxylation is 1. The lowest BCUT2D eigenvalue weighted by Gasteiger charge is -2.54. The zero-order valence-corrected chi connectivity index (χ0v) is 22.1. The highest BCUT2D eigenvalue weighted by atomic mass is 28.4. The Labute approximate surface area is 186 Å². The van der Waals surface area contributed by atoms with Gasteiger partial charge < -0.3 is 8.85 Å². The highest BCUT2D eigenvalue weighted by molar-refractivity contribution is 6.70. The van der Waals surface area contributed by atoms with Gasteiger partial charge in [0.1, 0.15) is 11.4 Å². The van der Waals surface area contributed by atoms with E-state index >= 15 is 0 Å². The van der Waals surface area contributed by atoms with Crippen molar-refractivity contribution in [2.24, 2.45) is 17.3 Å². The molecule has 0 bridgehead atoms. The van der Waals surface area contributed by atoms with Crippen molar-refractivity contribution >= 4 is 16.6 Å². The minimum atomic E-state index is -1.72. The molecule has 164 valence electrons. The first-order valence-corrected chi connectivity index (χ1v) is 18.7. The van der Waals surface area contributed by atoms with Gasteiger partial charge in [-0.2, -0.15) is 0 Å². The largest absolute Gasteiger partial charge is 0.544 e. The monoisotopic (exact) mass is 440 g/mol. The fourth-order valence-corrected chi connectivity index (χ4v) is 9.20. The van der Waals surface area contributed by atoms with Crippen molar-refractivity contribution in [3.8, 4) is 18.1 Å². The minimum absolute atomic E-state index is 0.113. The summed E-state index contributed by atoms with van der Waals surface area (Å²) < 4.78 is 13.1. The molecule has 3 aliphatic carbocycles. The van der Waals surface area contributed by atoms with Gasteiger partial charge >= 0.3 is 0 Å². The quantitative estimate of drug-likeness (QED) is 0.371. The topological polar surface area (TPSA) is 18.5 Å². The first kappa shape index (κ1) is 22.2. The molecule has 0 radical (unpaired) electrons. The molecule has 0 amide bonds. The second-order valence-electron chi connectivity index (χ2n) is 12.2. The average molecular weight is 441 g/mol. The second-order valence-corrected chi connectivity index (χ2v) is 21.0. The van der Waals surface area contributed by atoms with E-state index in [1.165, 1.54) is 37.7 Å². The summed E-state index contributed by atoms with van der Waals surface area (Å²) in [6.07, 6.45) is 13.3. The Morgan fingerprint density at radius 2 is 1.73 bits per heavy atom. The molecule has 1 unspecified atom stereocenters. The molecule has 3 aliphatic rings. The summed E-state index contributed by atoms with van der Waals surface area (Å²) in [5.41, 5.74) is 2.86. The minimum Gasteiger partial charge on any atom is -0.544 e. The molecule has 0 saturated heterocycles. The number of benzene rings is 1. The molecule has 0 aliphatic heterocycles. The summed E-state index contributed by atoms with van der Waals surface area (Å²) in [6, 6.07) is 6.94. The van der Waals surface area contributed by atoms with Crippen LogP contribution >= 0.6 is 0 Å². The number of fused-ring (bicyclic) bond motifs is 5. The smallest absolute Gasteiger partial charge is 0.242 e. The van der Waals surface area contributed by atoms with Crippen LogP contribution in [-0.4, -0.2) is 22.2 Å². The maximum Gasteiger partial charge on any atom is 0.242 e. The van der Waals surface area contributed by atoms with Crippen LogP contribution in [0, 0.1) is 29.6 Å². The van der Waals surface area contributed by atoms with Gasteiger partial charge in [-0.15, -0.1) is 6.42 Å². The van der Waals surface area contributed by atoms with Gasteiger partial charge in [0, 0.05) is 5.41 Å². The van der Waals surface area contributed by atoms with E-state index in [0.717, 1.165) is 18.1 Å². The molecule has 4 heteroatoms. The number of hydrogen-bond acceptors (Lipinski definition) is 2. The Morgan fingerprint density at radius 1 is 1.00 bits per heavy atom. The molecule has 0 N–H and O–H groups in total. The van der Waals surface area contributed by atoms with E-state index in [2.05, 4.69) is 70.3 Å². The number of terminal acetylenes is 1. The van der Waals surface area contributed by atoms with Crippen LogP contribution in [0.15, 0.2) is 18.2 Å². The van der Waals surface area contributed by atoms with E-state index in [1.807, 2.05) is 0 Å². The number of hydrogen-bond donors (Lipinski definition) is 0. The molecular weight excluding hydrogens is 400 g/mol. The molecule has 2 fully saturated rings. The molecular formula is C26H40O2Si2. The Morgan fingerprint density at radius 3 is 2.37 bits per heavy atom. The molecule has 1 aromatic rings. The maximum atomic E-state index is 6.81. The molecule has 0 heterocycles. The van der Waals surface area contributed by atoms with Gasteiger partial charge in [0.05, 0.1) is 0 Å². The molecule has 5 atom stereocenters. The van der Waals surface area contributed by atoms with Gasteiger partial charge in [0.15, 0.2) is 8.32 Å². The molecule has 30 heavy (non-hydrogen) atoms. The van der Waals surface area contributed by atoms with E-state index in [4.69, 9.17) is 15.3 Å². The molecule has 2 nitrogen and oxygen atoms in total. The Balaban J connectivity index is 1.62. The summed E-state index contributed by atoms with van der Waals surface area (Å²) in [7, 11) is -3.29. The van der Waals surface area contributed by atoms with Gasteiger partial charge in [-0.05, 0) is 119 Å². The zero-order valence-electron chi connectivity index (χ0n) is 20.1. The predicted octanol–water partition coefficient (Wildman–Crippen LogP) is 6.98. The summed E-state index contributed by atoms with van der Waals surface area (Å²) in [5.74, 6) is 6.38. The molecule has 0 aromatic heterocycles. The number of rotatable bonds is 4. The standard InChI is InChI=1S/C26H40O2Si2/c1-9-26(28-30(6,7)8)17-15-24-23-12-10-19-18-20(27-29(3,4)5)11-13-21(19)22(23)14-16-25(24,26)2/h1,11,13,18,22-24H,10,12,14-17H2,2-8H3/t22-,23-,24+,25+,26?/m1/s1. The van der Waals surface area contributed by atoms with Gasteiger partial charge in [0.25, 0.3) is 0 Å². The second kappa shape index (κ2) is 7.25. The van der Waals surface area contributed by atoms with E-state index in [1.54, 1.807) is 5.56 Å². The Kier molecular flexibility index (Phi) is 5.36. The van der Waals surface area contributed by atoms with Crippen LogP contribution in [-0.2, 0) is 10.8 Å². The first-order valence-electron chi connectivity index (χ1n) is 11.9. The van der Waals surface area contributed by atoms with Crippen molar-refractivity contribution in [1.82, 2.24) is 0 Å². The summed E-state index contributed by atoms with van der Waals surface area (Å²) >= 11 is 0. The fraction of sp³-hybridized carbons (Fsp3) is 0.692. The average Bonchev–Trinajstić information content (AvgIpc) is 2.91. The summed E-state index contributed by atoms with van der Waals surface area (Å²) in [5, 5.41) is 0. The lowest BCUT2D eigenvalue weighted by atomic mass is 9.53. The SMILES string of the molecule is C#CC1(O[Si](C)(C)C)CC[C@H]2[C@@H]3CCc4cc(O[Si](C)(C)C)ccc4[C@H]3CC[C@@]21C. The highest BCUT2D eigenvalue weighted by Crippen LogP contribution is 2.65. The molecule has 4 rings (SSSR count). The fourth-order valence-electron chi connectivity index (χ4n) is 6.93. The van der Waals surface area contributed by atoms with Crippen LogP contribution in [0.5, 0.6) is 5.75 Å². The summed E-state index contributed by atoms with van der Waals surface area (Å²) in [6.45, 7) is 16.1. The van der Waals surface area contributed by atoms with Crippen LogP contribution in [0.2, 0.25) is 39.3 Å². The third-order valence-corrected chi connectivity index (χ3v) is 9.76. The van der Waals surface area contributed by atoms with E-state index in [-0.39, 0.29) is 11.0 Å². The van der Waals surface area contributed by atoms with Crippen molar-refractivity contribution in [2.45, 2.75) is 96.2 Å².